The first-order valence-electron chi connectivity index (χ1n) is 5.26. The molecule has 0 saturated carbocycles. The largest absolute Gasteiger partial charge is 0.332 e. The Kier molecular flexibility index (Phi) is 3.20. The van der Waals surface area contributed by atoms with Gasteiger partial charge in [-0.2, -0.15) is 0 Å². The SMILES string of the molecule is CNCc1cccc(-n2ccc(=O)[nH]c2=O)c1. The second-order valence-electron chi connectivity index (χ2n) is 3.68. The molecule has 0 amide bonds. The molecule has 2 rings (SSSR count). The van der Waals surface area contributed by atoms with E-state index in [-0.39, 0.29) is 0 Å². The van der Waals surface area contributed by atoms with Crippen molar-refractivity contribution in [3.63, 3.8) is 0 Å². The zero-order chi connectivity index (χ0) is 12.3. The molecule has 0 fully saturated rings. The molecule has 2 N–H and O–H groups in total. The molecule has 0 aliphatic carbocycles. The molecule has 0 atom stereocenters. The monoisotopic (exact) mass is 231 g/mol. The molecular weight excluding hydrogens is 218 g/mol. The highest BCUT2D eigenvalue weighted by Crippen LogP contribution is 2.07. The van der Waals surface area contributed by atoms with Gasteiger partial charge in [-0.25, -0.2) is 4.79 Å². The molecule has 0 saturated heterocycles. The van der Waals surface area contributed by atoms with Crippen LogP contribution in [0.25, 0.3) is 5.69 Å². The second-order valence-corrected chi connectivity index (χ2v) is 3.68. The van der Waals surface area contributed by atoms with Gasteiger partial charge in [-0.05, 0) is 24.7 Å². The lowest BCUT2D eigenvalue weighted by Gasteiger charge is -2.06. The Morgan fingerprint density at radius 1 is 1.29 bits per heavy atom. The number of H-pyrrole nitrogens is 1. The maximum Gasteiger partial charge on any atom is 0.332 e. The summed E-state index contributed by atoms with van der Waals surface area (Å²) in [5.74, 6) is 0. The van der Waals surface area contributed by atoms with Crippen LogP contribution < -0.4 is 16.6 Å². The molecule has 2 aromatic rings. The quantitative estimate of drug-likeness (QED) is 0.795. The predicted molar refractivity (Wildman–Crippen MR) is 65.4 cm³/mol. The fraction of sp³-hybridized carbons (Fsp3) is 0.167. The van der Waals surface area contributed by atoms with Gasteiger partial charge in [0.15, 0.2) is 0 Å². The van der Waals surface area contributed by atoms with Gasteiger partial charge in [0, 0.05) is 18.8 Å². The van der Waals surface area contributed by atoms with Gasteiger partial charge in [0.1, 0.15) is 0 Å². The number of nitrogens with one attached hydrogen (secondary N) is 2. The fourth-order valence-corrected chi connectivity index (χ4v) is 1.64. The Morgan fingerprint density at radius 3 is 2.82 bits per heavy atom. The summed E-state index contributed by atoms with van der Waals surface area (Å²) < 4.78 is 1.40. The van der Waals surface area contributed by atoms with Gasteiger partial charge in [-0.1, -0.05) is 12.1 Å². The van der Waals surface area contributed by atoms with E-state index in [9.17, 15) is 9.59 Å². The summed E-state index contributed by atoms with van der Waals surface area (Å²) >= 11 is 0. The molecule has 17 heavy (non-hydrogen) atoms. The van der Waals surface area contributed by atoms with E-state index in [2.05, 4.69) is 10.3 Å². The molecule has 0 bridgehead atoms. The number of benzene rings is 1. The van der Waals surface area contributed by atoms with Crippen LogP contribution in [0.1, 0.15) is 5.56 Å². The van der Waals surface area contributed by atoms with Crippen LogP contribution in [0.5, 0.6) is 0 Å². The molecule has 1 aromatic carbocycles. The van der Waals surface area contributed by atoms with Crippen LogP contribution in [-0.4, -0.2) is 16.6 Å². The smallest absolute Gasteiger partial charge is 0.316 e. The van der Waals surface area contributed by atoms with Crippen molar-refractivity contribution >= 4 is 0 Å². The van der Waals surface area contributed by atoms with Gasteiger partial charge in [0.2, 0.25) is 0 Å². The van der Waals surface area contributed by atoms with Gasteiger partial charge >= 0.3 is 5.69 Å². The first-order valence-corrected chi connectivity index (χ1v) is 5.26. The topological polar surface area (TPSA) is 66.9 Å². The third-order valence-electron chi connectivity index (χ3n) is 2.39. The van der Waals surface area contributed by atoms with Gasteiger partial charge < -0.3 is 5.32 Å². The number of hydrogen-bond donors (Lipinski definition) is 2. The highest BCUT2D eigenvalue weighted by Gasteiger charge is 2.00. The molecule has 0 spiro atoms. The minimum atomic E-state index is -0.431. The van der Waals surface area contributed by atoms with Crippen LogP contribution in [0, 0.1) is 0 Å². The van der Waals surface area contributed by atoms with Crippen molar-refractivity contribution in [1.29, 1.82) is 0 Å². The van der Waals surface area contributed by atoms with E-state index in [0.717, 1.165) is 17.8 Å². The molecule has 0 radical (unpaired) electrons. The van der Waals surface area contributed by atoms with Gasteiger partial charge in [-0.3, -0.25) is 14.3 Å². The van der Waals surface area contributed by atoms with Crippen molar-refractivity contribution in [2.24, 2.45) is 0 Å². The summed E-state index contributed by atoms with van der Waals surface area (Å²) in [5, 5.41) is 3.04. The summed E-state index contributed by atoms with van der Waals surface area (Å²) in [6, 6.07) is 8.89. The van der Waals surface area contributed by atoms with Crippen molar-refractivity contribution in [3.05, 3.63) is 62.9 Å². The van der Waals surface area contributed by atoms with Crippen LogP contribution in [0.15, 0.2) is 46.1 Å². The lowest BCUT2D eigenvalue weighted by Crippen LogP contribution is -2.27. The highest BCUT2D eigenvalue weighted by molar-refractivity contribution is 5.35. The summed E-state index contributed by atoms with van der Waals surface area (Å²) in [6.45, 7) is 0.728. The molecule has 0 aliphatic rings. The van der Waals surface area contributed by atoms with Crippen molar-refractivity contribution < 1.29 is 0 Å². The third-order valence-corrected chi connectivity index (χ3v) is 2.39. The molecule has 0 aliphatic heterocycles. The Labute approximate surface area is 97.7 Å². The van der Waals surface area contributed by atoms with Crippen molar-refractivity contribution in [2.75, 3.05) is 7.05 Å². The Morgan fingerprint density at radius 2 is 2.12 bits per heavy atom. The van der Waals surface area contributed by atoms with Crippen LogP contribution in [0.4, 0.5) is 0 Å². The van der Waals surface area contributed by atoms with E-state index < -0.39 is 11.2 Å². The third kappa shape index (κ3) is 2.51. The van der Waals surface area contributed by atoms with Gasteiger partial charge in [0.05, 0.1) is 5.69 Å². The van der Waals surface area contributed by atoms with E-state index in [0.29, 0.717) is 0 Å². The van der Waals surface area contributed by atoms with Crippen molar-refractivity contribution in [2.45, 2.75) is 6.54 Å². The van der Waals surface area contributed by atoms with Crippen LogP contribution >= 0.6 is 0 Å². The molecule has 1 heterocycles. The summed E-state index contributed by atoms with van der Waals surface area (Å²) in [5.41, 5.74) is 0.985. The number of aromatic nitrogens is 2. The average Bonchev–Trinajstić information content (AvgIpc) is 2.29. The molecule has 88 valence electrons. The lowest BCUT2D eigenvalue weighted by molar-refractivity contribution is 0.813. The molecule has 0 unspecified atom stereocenters. The predicted octanol–water partition coefficient (Wildman–Crippen LogP) is 0.245. The van der Waals surface area contributed by atoms with Crippen LogP contribution in [0.2, 0.25) is 0 Å². The van der Waals surface area contributed by atoms with E-state index in [1.54, 1.807) is 0 Å². The Hall–Kier alpha value is -2.14. The summed E-state index contributed by atoms with van der Waals surface area (Å²) in [4.78, 5) is 24.8. The van der Waals surface area contributed by atoms with Gasteiger partial charge in [0.25, 0.3) is 5.56 Å². The van der Waals surface area contributed by atoms with Crippen molar-refractivity contribution in [3.8, 4) is 5.69 Å². The minimum Gasteiger partial charge on any atom is -0.316 e. The molecule has 5 nitrogen and oxygen atoms in total. The number of nitrogens with zero attached hydrogens (tertiary/aromatic N) is 1. The van der Waals surface area contributed by atoms with Crippen LogP contribution in [-0.2, 0) is 6.54 Å². The summed E-state index contributed by atoms with van der Waals surface area (Å²) in [7, 11) is 1.86. The number of hydrogen-bond acceptors (Lipinski definition) is 3. The zero-order valence-corrected chi connectivity index (χ0v) is 9.43. The first kappa shape index (κ1) is 11.3. The Balaban J connectivity index is 2.49. The normalized spacial score (nSPS) is 10.4. The minimum absolute atomic E-state index is 0.391. The van der Waals surface area contributed by atoms with E-state index in [4.69, 9.17) is 0 Å². The maximum atomic E-state index is 11.6. The van der Waals surface area contributed by atoms with E-state index >= 15 is 0 Å². The fourth-order valence-electron chi connectivity index (χ4n) is 1.64. The second kappa shape index (κ2) is 4.80. The van der Waals surface area contributed by atoms with Crippen molar-refractivity contribution in [1.82, 2.24) is 14.9 Å². The molecule has 5 heteroatoms. The molecular formula is C12H13N3O2. The first-order chi connectivity index (χ1) is 8.20. The van der Waals surface area contributed by atoms with E-state index in [1.165, 1.54) is 16.8 Å². The highest BCUT2D eigenvalue weighted by atomic mass is 16.2. The van der Waals surface area contributed by atoms with Gasteiger partial charge in [-0.15, -0.1) is 0 Å². The lowest BCUT2D eigenvalue weighted by atomic mass is 10.2. The number of aromatic amines is 1. The van der Waals surface area contributed by atoms with E-state index in [1.807, 2.05) is 31.3 Å². The maximum absolute atomic E-state index is 11.6. The van der Waals surface area contributed by atoms with Crippen LogP contribution in [0.3, 0.4) is 0 Å². The Bertz CT molecular complexity index is 628. The summed E-state index contributed by atoms with van der Waals surface area (Å²) in [6.07, 6.45) is 1.47. The average molecular weight is 231 g/mol. The number of rotatable bonds is 3. The zero-order valence-electron chi connectivity index (χ0n) is 9.43. The molecule has 1 aromatic heterocycles. The standard InChI is InChI=1S/C12H13N3O2/c1-13-8-9-3-2-4-10(7-9)15-6-5-11(16)14-12(15)17/h2-7,13H,8H2,1H3,(H,14,16,17).